The third kappa shape index (κ3) is 2.77. The third-order valence-electron chi connectivity index (χ3n) is 6.32. The normalized spacial score (nSPS) is 26.5. The number of nitrogens with one attached hydrogen (secondary N) is 1. The number of fused-ring (bicyclic) bond motifs is 2. The fourth-order valence-corrected chi connectivity index (χ4v) is 4.73. The molecule has 3 aliphatic heterocycles. The topological polar surface area (TPSA) is 87.6 Å². The minimum absolute atomic E-state index is 0.105. The summed E-state index contributed by atoms with van der Waals surface area (Å²) in [6.45, 7) is 3.52. The molecule has 7 heteroatoms. The number of hydrogen-bond acceptors (Lipinski definition) is 6. The van der Waals surface area contributed by atoms with Crippen LogP contribution < -0.4 is 10.2 Å². The molecule has 146 valence electrons. The Morgan fingerprint density at radius 3 is 2.93 bits per heavy atom. The number of anilines is 1. The Kier molecular flexibility index (Phi) is 4.29. The molecule has 28 heavy (non-hydrogen) atoms. The molecule has 0 radical (unpaired) electrons. The van der Waals surface area contributed by atoms with E-state index in [0.717, 1.165) is 42.9 Å². The summed E-state index contributed by atoms with van der Waals surface area (Å²) in [6, 6.07) is 9.75. The maximum Gasteiger partial charge on any atom is 0.270 e. The fourth-order valence-electron chi connectivity index (χ4n) is 4.73. The molecule has 1 amide bonds. The molecule has 2 fully saturated rings. The van der Waals surface area contributed by atoms with Gasteiger partial charge in [0.15, 0.2) is 5.82 Å². The van der Waals surface area contributed by atoms with E-state index in [9.17, 15) is 9.90 Å². The highest BCUT2D eigenvalue weighted by atomic mass is 16.5. The van der Waals surface area contributed by atoms with Crippen molar-refractivity contribution in [1.82, 2.24) is 15.3 Å². The molecule has 0 spiro atoms. The highest BCUT2D eigenvalue weighted by Gasteiger charge is 2.49. The smallest absolute Gasteiger partial charge is 0.270 e. The van der Waals surface area contributed by atoms with Gasteiger partial charge < -0.3 is 20.1 Å². The van der Waals surface area contributed by atoms with Gasteiger partial charge in [0, 0.05) is 42.8 Å². The monoisotopic (exact) mass is 380 g/mol. The lowest BCUT2D eigenvalue weighted by molar-refractivity contribution is -0.0543. The zero-order valence-electron chi connectivity index (χ0n) is 15.7. The Labute approximate surface area is 163 Å². The van der Waals surface area contributed by atoms with Crippen molar-refractivity contribution in [3.8, 4) is 11.4 Å². The zero-order chi connectivity index (χ0) is 19.1. The first-order valence-electron chi connectivity index (χ1n) is 9.88. The van der Waals surface area contributed by atoms with Crippen molar-refractivity contribution in [1.29, 1.82) is 0 Å². The summed E-state index contributed by atoms with van der Waals surface area (Å²) in [6.07, 6.45) is 1.66. The molecule has 0 bridgehead atoms. The first kappa shape index (κ1) is 17.6. The summed E-state index contributed by atoms with van der Waals surface area (Å²) < 4.78 is 5.70. The van der Waals surface area contributed by atoms with E-state index < -0.39 is 0 Å². The molecule has 3 aliphatic rings. The summed E-state index contributed by atoms with van der Waals surface area (Å²) in [7, 11) is 0. The van der Waals surface area contributed by atoms with Gasteiger partial charge in [0.2, 0.25) is 0 Å². The molecule has 0 unspecified atom stereocenters. The van der Waals surface area contributed by atoms with Crippen LogP contribution in [0.15, 0.2) is 30.3 Å². The number of rotatable bonds is 3. The fraction of sp³-hybridized carbons (Fsp3) is 0.476. The van der Waals surface area contributed by atoms with Crippen LogP contribution in [-0.4, -0.2) is 60.4 Å². The highest BCUT2D eigenvalue weighted by molar-refractivity contribution is 5.96. The Morgan fingerprint density at radius 2 is 2.14 bits per heavy atom. The SMILES string of the molecule is O=C1NCCc2c1nc(-c1ccccc1)nc2N1C[C@@H]2CCOC[C@]2(CO)C1. The van der Waals surface area contributed by atoms with Crippen molar-refractivity contribution >= 4 is 11.7 Å². The summed E-state index contributed by atoms with van der Waals surface area (Å²) in [5, 5.41) is 13.0. The van der Waals surface area contributed by atoms with Gasteiger partial charge in [0.1, 0.15) is 11.5 Å². The second-order valence-electron chi connectivity index (χ2n) is 8.01. The second-order valence-corrected chi connectivity index (χ2v) is 8.01. The Hall–Kier alpha value is -2.51. The van der Waals surface area contributed by atoms with E-state index in [1.807, 2.05) is 30.3 Å². The van der Waals surface area contributed by atoms with Crippen LogP contribution in [0.3, 0.4) is 0 Å². The van der Waals surface area contributed by atoms with Crippen molar-refractivity contribution < 1.29 is 14.6 Å². The van der Waals surface area contributed by atoms with Crippen molar-refractivity contribution in [3.05, 3.63) is 41.6 Å². The molecule has 0 aliphatic carbocycles. The average molecular weight is 380 g/mol. The lowest BCUT2D eigenvalue weighted by atomic mass is 9.76. The predicted molar refractivity (Wildman–Crippen MR) is 104 cm³/mol. The lowest BCUT2D eigenvalue weighted by Crippen LogP contribution is -2.43. The van der Waals surface area contributed by atoms with Crippen molar-refractivity contribution in [3.63, 3.8) is 0 Å². The molecule has 1 aromatic heterocycles. The van der Waals surface area contributed by atoms with E-state index in [1.54, 1.807) is 0 Å². The molecule has 2 aromatic rings. The van der Waals surface area contributed by atoms with Gasteiger partial charge in [0.25, 0.3) is 5.91 Å². The van der Waals surface area contributed by atoms with E-state index in [1.165, 1.54) is 0 Å². The van der Waals surface area contributed by atoms with Gasteiger partial charge in [-0.2, -0.15) is 0 Å². The maximum atomic E-state index is 12.5. The van der Waals surface area contributed by atoms with Crippen molar-refractivity contribution in [2.45, 2.75) is 12.8 Å². The van der Waals surface area contributed by atoms with Crippen molar-refractivity contribution in [2.24, 2.45) is 11.3 Å². The van der Waals surface area contributed by atoms with Crippen LogP contribution in [0.4, 0.5) is 5.82 Å². The molecular formula is C21H24N4O3. The number of carbonyl (C=O) groups is 1. The van der Waals surface area contributed by atoms with E-state index in [-0.39, 0.29) is 17.9 Å². The van der Waals surface area contributed by atoms with Gasteiger partial charge in [-0.05, 0) is 18.8 Å². The van der Waals surface area contributed by atoms with Gasteiger partial charge in [-0.1, -0.05) is 30.3 Å². The molecule has 4 heterocycles. The van der Waals surface area contributed by atoms with Crippen LogP contribution in [0.25, 0.3) is 11.4 Å². The summed E-state index contributed by atoms with van der Waals surface area (Å²) in [4.78, 5) is 24.3. The number of carbonyl (C=O) groups excluding carboxylic acids is 1. The van der Waals surface area contributed by atoms with E-state index in [4.69, 9.17) is 9.72 Å². The van der Waals surface area contributed by atoms with Gasteiger partial charge >= 0.3 is 0 Å². The number of aliphatic hydroxyl groups excluding tert-OH is 1. The predicted octanol–water partition coefficient (Wildman–Crippen LogP) is 1.26. The number of ether oxygens (including phenoxy) is 1. The van der Waals surface area contributed by atoms with E-state index in [0.29, 0.717) is 37.1 Å². The second kappa shape index (κ2) is 6.83. The first-order chi connectivity index (χ1) is 13.7. The molecular weight excluding hydrogens is 356 g/mol. The number of aliphatic hydroxyl groups is 1. The lowest BCUT2D eigenvalue weighted by Gasteiger charge is -2.36. The molecule has 2 saturated heterocycles. The van der Waals surface area contributed by atoms with Crippen LogP contribution in [0.5, 0.6) is 0 Å². The van der Waals surface area contributed by atoms with Gasteiger partial charge in [-0.3, -0.25) is 4.79 Å². The van der Waals surface area contributed by atoms with E-state index >= 15 is 0 Å². The molecule has 1 aromatic carbocycles. The molecule has 2 N–H and O–H groups in total. The Bertz CT molecular complexity index is 904. The maximum absolute atomic E-state index is 12.5. The summed E-state index contributed by atoms with van der Waals surface area (Å²) in [5.41, 5.74) is 2.03. The standard InChI is InChI=1S/C21H24N4O3/c26-12-21-11-25(10-15(21)7-9-28-13-21)19-16-6-8-22-20(27)17(16)23-18(24-19)14-4-2-1-3-5-14/h1-5,15,26H,6-13H2,(H,22,27)/t15-,21+/m0/s1. The highest BCUT2D eigenvalue weighted by Crippen LogP contribution is 2.43. The third-order valence-corrected chi connectivity index (χ3v) is 6.32. The quantitative estimate of drug-likeness (QED) is 0.834. The minimum atomic E-state index is -0.250. The average Bonchev–Trinajstić information content (AvgIpc) is 3.14. The minimum Gasteiger partial charge on any atom is -0.396 e. The number of benzene rings is 1. The largest absolute Gasteiger partial charge is 0.396 e. The number of nitrogens with zero attached hydrogens (tertiary/aromatic N) is 3. The van der Waals surface area contributed by atoms with E-state index in [2.05, 4.69) is 15.2 Å². The number of amides is 1. The molecule has 2 atom stereocenters. The zero-order valence-corrected chi connectivity index (χ0v) is 15.7. The number of hydrogen-bond donors (Lipinski definition) is 2. The summed E-state index contributed by atoms with van der Waals surface area (Å²) >= 11 is 0. The van der Waals surface area contributed by atoms with Gasteiger partial charge in [0.05, 0.1) is 13.2 Å². The van der Waals surface area contributed by atoms with Crippen LogP contribution in [0.1, 0.15) is 22.5 Å². The molecule has 0 saturated carbocycles. The first-order valence-corrected chi connectivity index (χ1v) is 9.88. The van der Waals surface area contributed by atoms with Crippen LogP contribution in [0.2, 0.25) is 0 Å². The van der Waals surface area contributed by atoms with Crippen molar-refractivity contribution in [2.75, 3.05) is 44.4 Å². The Morgan fingerprint density at radius 1 is 1.29 bits per heavy atom. The molecule has 7 nitrogen and oxygen atoms in total. The van der Waals surface area contributed by atoms with Gasteiger partial charge in [-0.15, -0.1) is 0 Å². The van der Waals surface area contributed by atoms with Crippen LogP contribution >= 0.6 is 0 Å². The number of aromatic nitrogens is 2. The van der Waals surface area contributed by atoms with Crippen LogP contribution in [0, 0.1) is 11.3 Å². The summed E-state index contributed by atoms with van der Waals surface area (Å²) in [5.74, 6) is 1.63. The molecule has 5 rings (SSSR count). The van der Waals surface area contributed by atoms with Gasteiger partial charge in [-0.25, -0.2) is 9.97 Å². The van der Waals surface area contributed by atoms with Crippen LogP contribution in [-0.2, 0) is 11.2 Å². The Balaban J connectivity index is 1.61.